The molecule has 20 heavy (non-hydrogen) atoms. The summed E-state index contributed by atoms with van der Waals surface area (Å²) in [5.74, 6) is 1.85. The molecular weight excluding hydrogens is 316 g/mol. The van der Waals surface area contributed by atoms with Crippen molar-refractivity contribution < 1.29 is 13.2 Å². The van der Waals surface area contributed by atoms with Crippen molar-refractivity contribution in [3.8, 4) is 0 Å². The smallest absolute Gasteiger partial charge is 0.161 e. The molecule has 0 aliphatic heterocycles. The van der Waals surface area contributed by atoms with Crippen LogP contribution in [0.3, 0.4) is 0 Å². The van der Waals surface area contributed by atoms with E-state index >= 15 is 0 Å². The Morgan fingerprint density at radius 3 is 2.05 bits per heavy atom. The van der Waals surface area contributed by atoms with Crippen molar-refractivity contribution in [2.24, 2.45) is 5.84 Å². The average molecular weight is 323 g/mol. The second-order valence-corrected chi connectivity index (χ2v) is 4.48. The number of hydrogen-bond donors (Lipinski definition) is 3. The first-order valence-electron chi connectivity index (χ1n) is 5.16. The van der Waals surface area contributed by atoms with Crippen molar-refractivity contribution in [1.29, 1.82) is 0 Å². The molecule has 0 atom stereocenters. The molecule has 0 aliphatic rings. The minimum absolute atomic E-state index is 0.0112. The third-order valence-electron chi connectivity index (χ3n) is 2.32. The Bertz CT molecular complexity index is 643. The number of hydrogen-bond acceptors (Lipinski definition) is 4. The van der Waals surface area contributed by atoms with Crippen molar-refractivity contribution >= 4 is 40.5 Å². The summed E-state index contributed by atoms with van der Waals surface area (Å²) in [4.78, 5) is 3.85. The fraction of sp³-hybridized carbons (Fsp3) is 0. The van der Waals surface area contributed by atoms with Gasteiger partial charge in [0.05, 0.1) is 10.0 Å². The van der Waals surface area contributed by atoms with Crippen LogP contribution >= 0.6 is 23.2 Å². The summed E-state index contributed by atoms with van der Waals surface area (Å²) in [5, 5.41) is 2.46. The van der Waals surface area contributed by atoms with Crippen LogP contribution in [0.15, 0.2) is 18.2 Å². The number of halogens is 5. The Labute approximate surface area is 121 Å². The van der Waals surface area contributed by atoms with Gasteiger partial charge in [-0.25, -0.2) is 24.0 Å². The lowest BCUT2D eigenvalue weighted by atomic mass is 10.2. The third-order valence-corrected chi connectivity index (χ3v) is 2.89. The van der Waals surface area contributed by atoms with E-state index in [4.69, 9.17) is 29.0 Å². The molecule has 2 rings (SSSR count). The summed E-state index contributed by atoms with van der Waals surface area (Å²) in [6.45, 7) is 0. The number of aromatic nitrogens is 1. The van der Waals surface area contributed by atoms with Crippen LogP contribution in [0.4, 0.5) is 30.5 Å². The van der Waals surface area contributed by atoms with E-state index in [1.54, 1.807) is 0 Å². The lowest BCUT2D eigenvalue weighted by Gasteiger charge is -2.12. The number of rotatable bonds is 3. The summed E-state index contributed by atoms with van der Waals surface area (Å²) in [7, 11) is 0. The van der Waals surface area contributed by atoms with E-state index in [1.807, 2.05) is 0 Å². The van der Waals surface area contributed by atoms with Crippen LogP contribution in [0.2, 0.25) is 10.0 Å². The normalized spacial score (nSPS) is 10.5. The molecule has 106 valence electrons. The molecular formula is C11H7Cl2F3N4. The van der Waals surface area contributed by atoms with E-state index in [1.165, 1.54) is 6.07 Å². The average Bonchev–Trinajstić information content (AvgIpc) is 2.35. The largest absolute Gasteiger partial charge is 0.334 e. The van der Waals surface area contributed by atoms with Gasteiger partial charge in [0.15, 0.2) is 23.3 Å². The van der Waals surface area contributed by atoms with Gasteiger partial charge in [-0.05, 0) is 6.07 Å². The summed E-state index contributed by atoms with van der Waals surface area (Å²) >= 11 is 11.6. The summed E-state index contributed by atoms with van der Waals surface area (Å²) in [5.41, 5.74) is 1.61. The number of nitrogens with two attached hydrogens (primary N) is 1. The lowest BCUT2D eigenvalue weighted by molar-refractivity contribution is 0.549. The maximum absolute atomic E-state index is 13.5. The molecule has 1 aromatic carbocycles. The molecule has 0 amide bonds. The van der Waals surface area contributed by atoms with E-state index in [-0.39, 0.29) is 21.7 Å². The zero-order chi connectivity index (χ0) is 14.9. The first-order valence-corrected chi connectivity index (χ1v) is 5.92. The highest BCUT2D eigenvalue weighted by molar-refractivity contribution is 6.37. The van der Waals surface area contributed by atoms with Gasteiger partial charge < -0.3 is 10.7 Å². The number of nitrogen functional groups attached to an aromatic ring is 1. The second-order valence-electron chi connectivity index (χ2n) is 3.66. The monoisotopic (exact) mass is 322 g/mol. The van der Waals surface area contributed by atoms with Gasteiger partial charge in [-0.1, -0.05) is 23.2 Å². The molecule has 0 saturated carbocycles. The van der Waals surface area contributed by atoms with Crippen molar-refractivity contribution in [3.63, 3.8) is 0 Å². The third kappa shape index (κ3) is 2.90. The van der Waals surface area contributed by atoms with Crippen molar-refractivity contribution in [2.45, 2.75) is 0 Å². The highest BCUT2D eigenvalue weighted by Gasteiger charge is 2.15. The summed E-state index contributed by atoms with van der Waals surface area (Å²) < 4.78 is 39.8. The number of nitrogens with one attached hydrogen (secondary N) is 2. The molecule has 1 heterocycles. The summed E-state index contributed by atoms with van der Waals surface area (Å²) in [6, 6.07) is 2.33. The van der Waals surface area contributed by atoms with Gasteiger partial charge in [-0.15, -0.1) is 0 Å². The molecule has 9 heteroatoms. The van der Waals surface area contributed by atoms with Crippen LogP contribution in [-0.2, 0) is 0 Å². The number of nitrogens with zero attached hydrogens (tertiary/aromatic N) is 1. The molecule has 0 fully saturated rings. The minimum Gasteiger partial charge on any atom is -0.334 e. The van der Waals surface area contributed by atoms with E-state index in [2.05, 4.69) is 15.7 Å². The molecule has 4 N–H and O–H groups in total. The van der Waals surface area contributed by atoms with Crippen LogP contribution in [0.1, 0.15) is 0 Å². The van der Waals surface area contributed by atoms with Gasteiger partial charge in [0, 0.05) is 12.1 Å². The Balaban J connectivity index is 2.45. The lowest BCUT2D eigenvalue weighted by Crippen LogP contribution is -2.10. The number of pyridine rings is 1. The topological polar surface area (TPSA) is 63.0 Å². The zero-order valence-corrected chi connectivity index (χ0v) is 11.2. The Hall–Kier alpha value is -1.70. The first kappa shape index (κ1) is 14.7. The van der Waals surface area contributed by atoms with Gasteiger partial charge in [0.1, 0.15) is 11.5 Å². The first-order chi connectivity index (χ1) is 9.42. The summed E-state index contributed by atoms with van der Waals surface area (Å²) in [6.07, 6.45) is 0. The van der Waals surface area contributed by atoms with Crippen molar-refractivity contribution in [2.75, 3.05) is 10.7 Å². The van der Waals surface area contributed by atoms with E-state index in [9.17, 15) is 13.2 Å². The predicted molar refractivity (Wildman–Crippen MR) is 71.7 cm³/mol. The number of benzene rings is 1. The molecule has 0 saturated heterocycles. The molecule has 0 radical (unpaired) electrons. The molecule has 1 aromatic heterocycles. The molecule has 0 bridgehead atoms. The van der Waals surface area contributed by atoms with Crippen molar-refractivity contribution in [3.05, 3.63) is 45.7 Å². The highest BCUT2D eigenvalue weighted by atomic mass is 35.5. The number of anilines is 3. The van der Waals surface area contributed by atoms with Crippen LogP contribution < -0.4 is 16.6 Å². The van der Waals surface area contributed by atoms with Crippen LogP contribution in [0, 0.1) is 17.5 Å². The van der Waals surface area contributed by atoms with Gasteiger partial charge in [0.25, 0.3) is 0 Å². The van der Waals surface area contributed by atoms with Crippen LogP contribution in [-0.4, -0.2) is 4.98 Å². The molecule has 2 aromatic rings. The fourth-order valence-corrected chi connectivity index (χ4v) is 1.90. The van der Waals surface area contributed by atoms with Gasteiger partial charge >= 0.3 is 0 Å². The van der Waals surface area contributed by atoms with Gasteiger partial charge in [-0.2, -0.15) is 0 Å². The SMILES string of the molecule is NNc1nc(Nc2c(F)cc(F)cc2F)c(Cl)cc1Cl. The zero-order valence-electron chi connectivity index (χ0n) is 9.65. The number of hydrazine groups is 1. The highest BCUT2D eigenvalue weighted by Crippen LogP contribution is 2.32. The molecule has 0 spiro atoms. The Morgan fingerprint density at radius 2 is 1.50 bits per heavy atom. The van der Waals surface area contributed by atoms with Crippen molar-refractivity contribution in [1.82, 2.24) is 4.98 Å². The van der Waals surface area contributed by atoms with E-state index < -0.39 is 23.1 Å². The van der Waals surface area contributed by atoms with Gasteiger partial charge in [0.2, 0.25) is 0 Å². The predicted octanol–water partition coefficient (Wildman–Crippen LogP) is 3.83. The van der Waals surface area contributed by atoms with E-state index in [0.29, 0.717) is 12.1 Å². The standard InChI is InChI=1S/C11H7Cl2F3N4/c12-5-3-6(13)11(20-17)19-10(5)18-9-7(15)1-4(14)2-8(9)16/h1-3H,17H2,(H2,18,19,20). The van der Waals surface area contributed by atoms with Crippen LogP contribution in [0.25, 0.3) is 0 Å². The second kappa shape index (κ2) is 5.74. The fourth-order valence-electron chi connectivity index (χ4n) is 1.44. The molecule has 0 unspecified atom stereocenters. The Kier molecular flexibility index (Phi) is 4.22. The van der Waals surface area contributed by atoms with E-state index in [0.717, 1.165) is 0 Å². The maximum atomic E-state index is 13.5. The van der Waals surface area contributed by atoms with Crippen LogP contribution in [0.5, 0.6) is 0 Å². The minimum atomic E-state index is -1.13. The molecule has 0 aliphatic carbocycles. The Morgan fingerprint density at radius 1 is 0.950 bits per heavy atom. The van der Waals surface area contributed by atoms with Gasteiger partial charge in [-0.3, -0.25) is 0 Å². The maximum Gasteiger partial charge on any atom is 0.161 e. The molecule has 4 nitrogen and oxygen atoms in total. The quantitative estimate of drug-likeness (QED) is 0.593.